The van der Waals surface area contributed by atoms with E-state index in [4.69, 9.17) is 0 Å². The summed E-state index contributed by atoms with van der Waals surface area (Å²) in [6, 6.07) is 0.483. The number of nitrogens with zero attached hydrogens (tertiary/aromatic N) is 2. The van der Waals surface area contributed by atoms with Crippen molar-refractivity contribution in [3.05, 3.63) is 16.1 Å². The van der Waals surface area contributed by atoms with Gasteiger partial charge in [0.15, 0.2) is 0 Å². The molecular formula is C13H20N2OS. The normalized spacial score (nSPS) is 15.3. The summed E-state index contributed by atoms with van der Waals surface area (Å²) >= 11 is 1.54. The SMILES string of the molecule is CCc1ncc(C(=O)N(CC(C)C)C2CC2)s1. The molecule has 17 heavy (non-hydrogen) atoms. The number of aromatic nitrogens is 1. The molecular weight excluding hydrogens is 232 g/mol. The van der Waals surface area contributed by atoms with Gasteiger partial charge in [0, 0.05) is 12.6 Å². The molecule has 0 aromatic carbocycles. The highest BCUT2D eigenvalue weighted by molar-refractivity contribution is 7.13. The second-order valence-electron chi connectivity index (χ2n) is 5.05. The zero-order chi connectivity index (χ0) is 12.4. The number of hydrogen-bond acceptors (Lipinski definition) is 3. The van der Waals surface area contributed by atoms with E-state index in [1.807, 2.05) is 4.90 Å². The van der Waals surface area contributed by atoms with Gasteiger partial charge in [-0.25, -0.2) is 4.98 Å². The van der Waals surface area contributed by atoms with E-state index in [9.17, 15) is 4.79 Å². The highest BCUT2D eigenvalue weighted by Gasteiger charge is 2.33. The quantitative estimate of drug-likeness (QED) is 0.807. The third-order valence-electron chi connectivity index (χ3n) is 2.88. The lowest BCUT2D eigenvalue weighted by molar-refractivity contribution is 0.0727. The first kappa shape index (κ1) is 12.6. The minimum absolute atomic E-state index is 0.179. The van der Waals surface area contributed by atoms with Crippen molar-refractivity contribution < 1.29 is 4.79 Å². The summed E-state index contributed by atoms with van der Waals surface area (Å²) in [6.45, 7) is 7.25. The molecule has 0 bridgehead atoms. The zero-order valence-corrected chi connectivity index (χ0v) is 11.6. The average Bonchev–Trinajstić information content (AvgIpc) is 3.02. The molecule has 0 unspecified atom stereocenters. The Bertz CT molecular complexity index is 396. The fraction of sp³-hybridized carbons (Fsp3) is 0.692. The fourth-order valence-corrected chi connectivity index (χ4v) is 2.71. The number of amides is 1. The van der Waals surface area contributed by atoms with Gasteiger partial charge < -0.3 is 4.90 Å². The van der Waals surface area contributed by atoms with Gasteiger partial charge in [-0.3, -0.25) is 4.79 Å². The van der Waals surface area contributed by atoms with E-state index in [1.165, 1.54) is 11.3 Å². The lowest BCUT2D eigenvalue weighted by atomic mass is 10.2. The van der Waals surface area contributed by atoms with E-state index >= 15 is 0 Å². The maximum Gasteiger partial charge on any atom is 0.265 e. The molecule has 3 nitrogen and oxygen atoms in total. The molecule has 94 valence electrons. The van der Waals surface area contributed by atoms with Gasteiger partial charge in [0.25, 0.3) is 5.91 Å². The van der Waals surface area contributed by atoms with Crippen molar-refractivity contribution in [1.29, 1.82) is 0 Å². The monoisotopic (exact) mass is 252 g/mol. The van der Waals surface area contributed by atoms with Gasteiger partial charge in [0.1, 0.15) is 4.88 Å². The summed E-state index contributed by atoms with van der Waals surface area (Å²) in [5, 5.41) is 1.05. The molecule has 0 spiro atoms. The van der Waals surface area contributed by atoms with Gasteiger partial charge >= 0.3 is 0 Å². The molecule has 1 aromatic rings. The van der Waals surface area contributed by atoms with Crippen molar-refractivity contribution in [1.82, 2.24) is 9.88 Å². The van der Waals surface area contributed by atoms with E-state index in [2.05, 4.69) is 25.8 Å². The predicted octanol–water partition coefficient (Wildman–Crippen LogP) is 2.97. The first-order valence-electron chi connectivity index (χ1n) is 6.37. The fourth-order valence-electron chi connectivity index (χ4n) is 1.89. The van der Waals surface area contributed by atoms with Crippen molar-refractivity contribution in [2.45, 2.75) is 46.1 Å². The number of carbonyl (C=O) groups is 1. The second kappa shape index (κ2) is 5.17. The topological polar surface area (TPSA) is 33.2 Å². The van der Waals surface area contributed by atoms with Gasteiger partial charge in [-0.15, -0.1) is 11.3 Å². The van der Waals surface area contributed by atoms with Crippen LogP contribution in [0.2, 0.25) is 0 Å². The smallest absolute Gasteiger partial charge is 0.265 e. The van der Waals surface area contributed by atoms with Crippen LogP contribution in [0.1, 0.15) is 48.3 Å². The van der Waals surface area contributed by atoms with Crippen LogP contribution in [0.3, 0.4) is 0 Å². The van der Waals surface area contributed by atoms with Crippen molar-refractivity contribution in [3.63, 3.8) is 0 Å². The third kappa shape index (κ3) is 3.06. The Morgan fingerprint density at radius 3 is 2.76 bits per heavy atom. The third-order valence-corrected chi connectivity index (χ3v) is 4.01. The Hall–Kier alpha value is -0.900. The van der Waals surface area contributed by atoms with Crippen LogP contribution in [0.25, 0.3) is 0 Å². The van der Waals surface area contributed by atoms with Crippen LogP contribution in [-0.4, -0.2) is 28.4 Å². The summed E-state index contributed by atoms with van der Waals surface area (Å²) in [7, 11) is 0. The van der Waals surface area contributed by atoms with Crippen LogP contribution < -0.4 is 0 Å². The van der Waals surface area contributed by atoms with Crippen LogP contribution >= 0.6 is 11.3 Å². The van der Waals surface area contributed by atoms with Crippen molar-refractivity contribution >= 4 is 17.2 Å². The Labute approximate surface area is 107 Å². The van der Waals surface area contributed by atoms with Crippen LogP contribution in [0.5, 0.6) is 0 Å². The maximum absolute atomic E-state index is 12.4. The minimum atomic E-state index is 0.179. The van der Waals surface area contributed by atoms with Crippen LogP contribution in [0.4, 0.5) is 0 Å². The standard InChI is InChI=1S/C13H20N2OS/c1-4-12-14-7-11(17-12)13(16)15(8-9(2)3)10-5-6-10/h7,9-10H,4-6,8H2,1-3H3. The number of aryl methyl sites for hydroxylation is 1. The number of rotatable bonds is 5. The Kier molecular flexibility index (Phi) is 3.82. The predicted molar refractivity (Wildman–Crippen MR) is 70.4 cm³/mol. The molecule has 1 aliphatic rings. The van der Waals surface area contributed by atoms with E-state index < -0.39 is 0 Å². The number of carbonyl (C=O) groups excluding carboxylic acids is 1. The maximum atomic E-state index is 12.4. The Morgan fingerprint density at radius 1 is 1.59 bits per heavy atom. The van der Waals surface area contributed by atoms with Crippen LogP contribution in [0, 0.1) is 5.92 Å². The molecule has 1 saturated carbocycles. The summed E-state index contributed by atoms with van der Waals surface area (Å²) in [4.78, 5) is 19.5. The molecule has 1 aromatic heterocycles. The summed E-state index contributed by atoms with van der Waals surface area (Å²) < 4.78 is 0. The molecule has 0 atom stereocenters. The summed E-state index contributed by atoms with van der Waals surface area (Å²) in [5.41, 5.74) is 0. The van der Waals surface area contributed by atoms with E-state index in [-0.39, 0.29) is 5.91 Å². The van der Waals surface area contributed by atoms with Crippen molar-refractivity contribution in [2.75, 3.05) is 6.54 Å². The molecule has 0 aliphatic heterocycles. The van der Waals surface area contributed by atoms with E-state index in [0.717, 1.165) is 35.7 Å². The van der Waals surface area contributed by atoms with Gasteiger partial charge in [-0.05, 0) is 25.2 Å². The lowest BCUT2D eigenvalue weighted by Crippen LogP contribution is -2.35. The Balaban J connectivity index is 2.09. The van der Waals surface area contributed by atoms with E-state index in [1.54, 1.807) is 6.20 Å². The van der Waals surface area contributed by atoms with Gasteiger partial charge in [-0.2, -0.15) is 0 Å². The highest BCUT2D eigenvalue weighted by Crippen LogP contribution is 2.30. The van der Waals surface area contributed by atoms with Gasteiger partial charge in [-0.1, -0.05) is 20.8 Å². The number of hydrogen-bond donors (Lipinski definition) is 0. The van der Waals surface area contributed by atoms with Crippen molar-refractivity contribution in [2.24, 2.45) is 5.92 Å². The molecule has 2 rings (SSSR count). The second-order valence-corrected chi connectivity index (χ2v) is 6.17. The molecule has 1 amide bonds. The van der Waals surface area contributed by atoms with Gasteiger partial charge in [0.05, 0.1) is 11.2 Å². The molecule has 0 N–H and O–H groups in total. The summed E-state index contributed by atoms with van der Waals surface area (Å²) in [6.07, 6.45) is 4.98. The molecule has 1 heterocycles. The van der Waals surface area contributed by atoms with Gasteiger partial charge in [0.2, 0.25) is 0 Å². The van der Waals surface area contributed by atoms with E-state index in [0.29, 0.717) is 12.0 Å². The van der Waals surface area contributed by atoms with Crippen LogP contribution in [-0.2, 0) is 6.42 Å². The molecule has 4 heteroatoms. The highest BCUT2D eigenvalue weighted by atomic mass is 32.1. The Morgan fingerprint density at radius 2 is 2.29 bits per heavy atom. The van der Waals surface area contributed by atoms with Crippen molar-refractivity contribution in [3.8, 4) is 0 Å². The first-order valence-corrected chi connectivity index (χ1v) is 7.19. The summed E-state index contributed by atoms with van der Waals surface area (Å²) in [5.74, 6) is 0.705. The number of thiazole rings is 1. The lowest BCUT2D eigenvalue weighted by Gasteiger charge is -2.23. The van der Waals surface area contributed by atoms with Crippen LogP contribution in [0.15, 0.2) is 6.20 Å². The molecule has 0 saturated heterocycles. The zero-order valence-electron chi connectivity index (χ0n) is 10.8. The minimum Gasteiger partial charge on any atom is -0.335 e. The molecule has 1 fully saturated rings. The largest absolute Gasteiger partial charge is 0.335 e. The first-order chi connectivity index (χ1) is 8.11. The average molecular weight is 252 g/mol. The molecule has 0 radical (unpaired) electrons. The molecule has 1 aliphatic carbocycles.